The van der Waals surface area contributed by atoms with E-state index in [1.54, 1.807) is 0 Å². The SMILES string of the molecule is CCOc1ccccc1[C@H]1Nc2ccc(C)cc2[C@H]2OCCC[C@@H]12. The second kappa shape index (κ2) is 6.48. The third kappa shape index (κ3) is 2.67. The van der Waals surface area contributed by atoms with Gasteiger partial charge < -0.3 is 14.8 Å². The Hall–Kier alpha value is -2.00. The van der Waals surface area contributed by atoms with Crippen molar-refractivity contribution in [1.82, 2.24) is 0 Å². The van der Waals surface area contributed by atoms with Crippen molar-refractivity contribution in [2.24, 2.45) is 5.92 Å². The van der Waals surface area contributed by atoms with E-state index in [0.29, 0.717) is 12.5 Å². The van der Waals surface area contributed by atoms with Gasteiger partial charge in [-0.05, 0) is 38.8 Å². The Morgan fingerprint density at radius 3 is 2.92 bits per heavy atom. The quantitative estimate of drug-likeness (QED) is 0.859. The predicted octanol–water partition coefficient (Wildman–Crippen LogP) is 5.03. The van der Waals surface area contributed by atoms with E-state index in [0.717, 1.165) is 18.8 Å². The summed E-state index contributed by atoms with van der Waals surface area (Å²) in [5, 5.41) is 3.78. The summed E-state index contributed by atoms with van der Waals surface area (Å²) in [7, 11) is 0. The van der Waals surface area contributed by atoms with Crippen LogP contribution in [0.15, 0.2) is 42.5 Å². The molecule has 1 fully saturated rings. The van der Waals surface area contributed by atoms with Crippen LogP contribution < -0.4 is 10.1 Å². The van der Waals surface area contributed by atoms with E-state index in [2.05, 4.69) is 48.6 Å². The molecule has 1 N–H and O–H groups in total. The van der Waals surface area contributed by atoms with Crippen molar-refractivity contribution < 1.29 is 9.47 Å². The highest BCUT2D eigenvalue weighted by atomic mass is 16.5. The maximum atomic E-state index is 6.23. The topological polar surface area (TPSA) is 30.5 Å². The fourth-order valence-corrected chi connectivity index (χ4v) is 4.12. The Morgan fingerprint density at radius 2 is 2.04 bits per heavy atom. The van der Waals surface area contributed by atoms with Gasteiger partial charge in [-0.3, -0.25) is 0 Å². The molecule has 126 valence electrons. The van der Waals surface area contributed by atoms with Crippen LogP contribution in [0.1, 0.15) is 48.6 Å². The summed E-state index contributed by atoms with van der Waals surface area (Å²) in [6.45, 7) is 5.72. The molecule has 0 unspecified atom stereocenters. The number of para-hydroxylation sites is 1. The molecule has 2 aromatic carbocycles. The van der Waals surface area contributed by atoms with Crippen molar-refractivity contribution >= 4 is 5.69 Å². The average molecular weight is 323 g/mol. The number of rotatable bonds is 3. The van der Waals surface area contributed by atoms with Gasteiger partial charge in [-0.25, -0.2) is 0 Å². The molecule has 0 aliphatic carbocycles. The highest BCUT2D eigenvalue weighted by molar-refractivity contribution is 5.59. The third-order valence-corrected chi connectivity index (χ3v) is 5.17. The number of fused-ring (bicyclic) bond motifs is 3. The monoisotopic (exact) mass is 323 g/mol. The van der Waals surface area contributed by atoms with E-state index in [9.17, 15) is 0 Å². The van der Waals surface area contributed by atoms with Gasteiger partial charge in [0.15, 0.2) is 0 Å². The predicted molar refractivity (Wildman–Crippen MR) is 96.6 cm³/mol. The Balaban J connectivity index is 1.78. The van der Waals surface area contributed by atoms with Crippen LogP contribution in [0.5, 0.6) is 5.75 Å². The van der Waals surface area contributed by atoms with E-state index < -0.39 is 0 Å². The fraction of sp³-hybridized carbons (Fsp3) is 0.429. The molecule has 2 aromatic rings. The number of ether oxygens (including phenoxy) is 2. The smallest absolute Gasteiger partial charge is 0.124 e. The molecular formula is C21H25NO2. The Labute approximate surface area is 144 Å². The van der Waals surface area contributed by atoms with Crippen LogP contribution >= 0.6 is 0 Å². The Bertz CT molecular complexity index is 728. The standard InChI is InChI=1S/C21H25NO2/c1-3-23-19-9-5-4-7-15(19)20-16-8-6-12-24-21(16)17-13-14(2)10-11-18(17)22-20/h4-5,7,9-11,13,16,20-22H,3,6,8,12H2,1-2H3/t16-,20+,21-/m0/s1. The van der Waals surface area contributed by atoms with E-state index >= 15 is 0 Å². The van der Waals surface area contributed by atoms with Crippen LogP contribution in [0, 0.1) is 12.8 Å². The van der Waals surface area contributed by atoms with Crippen molar-refractivity contribution in [2.75, 3.05) is 18.5 Å². The van der Waals surface area contributed by atoms with Gasteiger partial charge in [0.05, 0.1) is 18.8 Å². The maximum absolute atomic E-state index is 6.23. The Kier molecular flexibility index (Phi) is 4.19. The fourth-order valence-electron chi connectivity index (χ4n) is 4.12. The summed E-state index contributed by atoms with van der Waals surface area (Å²) in [5.41, 5.74) is 5.03. The van der Waals surface area contributed by atoms with Gasteiger partial charge in [-0.2, -0.15) is 0 Å². The zero-order chi connectivity index (χ0) is 16.5. The Morgan fingerprint density at radius 1 is 1.17 bits per heavy atom. The molecule has 0 spiro atoms. The lowest BCUT2D eigenvalue weighted by Crippen LogP contribution is -2.36. The van der Waals surface area contributed by atoms with E-state index in [4.69, 9.17) is 9.47 Å². The van der Waals surface area contributed by atoms with Gasteiger partial charge in [0.25, 0.3) is 0 Å². The van der Waals surface area contributed by atoms with Crippen LogP contribution in [-0.4, -0.2) is 13.2 Å². The van der Waals surface area contributed by atoms with Crippen LogP contribution in [-0.2, 0) is 4.74 Å². The first kappa shape index (κ1) is 15.5. The summed E-state index contributed by atoms with van der Waals surface area (Å²) in [5.74, 6) is 1.42. The molecule has 1 saturated heterocycles. The van der Waals surface area contributed by atoms with Crippen LogP contribution in [0.4, 0.5) is 5.69 Å². The second-order valence-corrected chi connectivity index (χ2v) is 6.78. The zero-order valence-electron chi connectivity index (χ0n) is 14.4. The lowest BCUT2D eigenvalue weighted by molar-refractivity contribution is -0.0383. The molecule has 3 heteroatoms. The first-order valence-corrected chi connectivity index (χ1v) is 8.98. The number of hydrogen-bond donors (Lipinski definition) is 1. The summed E-state index contributed by atoms with van der Waals surface area (Å²) < 4.78 is 12.1. The minimum absolute atomic E-state index is 0.176. The summed E-state index contributed by atoms with van der Waals surface area (Å²) >= 11 is 0. The highest BCUT2D eigenvalue weighted by Crippen LogP contribution is 2.50. The number of anilines is 1. The summed E-state index contributed by atoms with van der Waals surface area (Å²) in [6, 6.07) is 15.3. The minimum atomic E-state index is 0.176. The summed E-state index contributed by atoms with van der Waals surface area (Å²) in [4.78, 5) is 0. The maximum Gasteiger partial charge on any atom is 0.124 e. The normalized spacial score (nSPS) is 25.3. The first-order valence-electron chi connectivity index (χ1n) is 8.98. The van der Waals surface area contributed by atoms with Crippen molar-refractivity contribution in [3.63, 3.8) is 0 Å². The molecule has 3 atom stereocenters. The molecule has 0 radical (unpaired) electrons. The number of benzene rings is 2. The molecular weight excluding hydrogens is 298 g/mol. The molecule has 0 aromatic heterocycles. The average Bonchev–Trinajstić information content (AvgIpc) is 2.62. The number of hydrogen-bond acceptors (Lipinski definition) is 3. The first-order chi connectivity index (χ1) is 11.8. The van der Waals surface area contributed by atoms with Crippen molar-refractivity contribution in [3.8, 4) is 5.75 Å². The third-order valence-electron chi connectivity index (χ3n) is 5.17. The van der Waals surface area contributed by atoms with Gasteiger partial charge in [0, 0.05) is 29.3 Å². The zero-order valence-corrected chi connectivity index (χ0v) is 14.4. The molecule has 0 bridgehead atoms. The number of nitrogens with one attached hydrogen (secondary N) is 1. The van der Waals surface area contributed by atoms with Crippen LogP contribution in [0.2, 0.25) is 0 Å². The lowest BCUT2D eigenvalue weighted by Gasteiger charge is -2.43. The van der Waals surface area contributed by atoms with E-state index in [-0.39, 0.29) is 12.1 Å². The number of aryl methyl sites for hydroxylation is 1. The summed E-state index contributed by atoms with van der Waals surface area (Å²) in [6.07, 6.45) is 2.47. The molecule has 0 saturated carbocycles. The lowest BCUT2D eigenvalue weighted by atomic mass is 9.77. The second-order valence-electron chi connectivity index (χ2n) is 6.78. The van der Waals surface area contributed by atoms with Crippen molar-refractivity contribution in [3.05, 3.63) is 59.2 Å². The van der Waals surface area contributed by atoms with Gasteiger partial charge in [-0.15, -0.1) is 0 Å². The van der Waals surface area contributed by atoms with Gasteiger partial charge in [0.1, 0.15) is 5.75 Å². The van der Waals surface area contributed by atoms with Crippen molar-refractivity contribution in [2.45, 2.75) is 38.8 Å². The van der Waals surface area contributed by atoms with Gasteiger partial charge >= 0.3 is 0 Å². The molecule has 3 nitrogen and oxygen atoms in total. The van der Waals surface area contributed by atoms with Gasteiger partial charge in [-0.1, -0.05) is 35.9 Å². The van der Waals surface area contributed by atoms with Crippen molar-refractivity contribution in [1.29, 1.82) is 0 Å². The van der Waals surface area contributed by atoms with Crippen LogP contribution in [0.3, 0.4) is 0 Å². The highest BCUT2D eigenvalue weighted by Gasteiger charge is 2.40. The van der Waals surface area contributed by atoms with E-state index in [1.165, 1.54) is 28.8 Å². The molecule has 2 heterocycles. The molecule has 2 aliphatic heterocycles. The largest absolute Gasteiger partial charge is 0.494 e. The van der Waals surface area contributed by atoms with E-state index in [1.807, 2.05) is 13.0 Å². The van der Waals surface area contributed by atoms with Gasteiger partial charge in [0.2, 0.25) is 0 Å². The molecule has 2 aliphatic rings. The molecule has 24 heavy (non-hydrogen) atoms. The minimum Gasteiger partial charge on any atom is -0.494 e. The molecule has 4 rings (SSSR count). The molecule has 0 amide bonds. The van der Waals surface area contributed by atoms with Crippen LogP contribution in [0.25, 0.3) is 0 Å².